The van der Waals surface area contributed by atoms with Crippen LogP contribution >= 0.6 is 0 Å². The predicted octanol–water partition coefficient (Wildman–Crippen LogP) is 4.01. The molecular formula is C23H29N3O3. The molecule has 0 aromatic heterocycles. The van der Waals surface area contributed by atoms with Crippen molar-refractivity contribution in [2.75, 3.05) is 30.4 Å². The second kappa shape index (κ2) is 8.55. The lowest BCUT2D eigenvalue weighted by Crippen LogP contribution is -2.60. The van der Waals surface area contributed by atoms with Crippen molar-refractivity contribution in [2.24, 2.45) is 0 Å². The summed E-state index contributed by atoms with van der Waals surface area (Å²) in [6.45, 7) is 6.03. The van der Waals surface area contributed by atoms with Crippen molar-refractivity contribution in [2.45, 2.75) is 38.6 Å². The number of anilines is 2. The maximum atomic E-state index is 13.3. The van der Waals surface area contributed by atoms with E-state index in [-0.39, 0.29) is 5.91 Å². The molecule has 1 atom stereocenters. The van der Waals surface area contributed by atoms with Gasteiger partial charge in [-0.15, -0.1) is 0 Å². The molecule has 3 rings (SSSR count). The highest BCUT2D eigenvalue weighted by Gasteiger charge is 2.47. The van der Waals surface area contributed by atoms with Gasteiger partial charge >= 0.3 is 6.09 Å². The van der Waals surface area contributed by atoms with Crippen molar-refractivity contribution in [3.05, 3.63) is 59.7 Å². The normalized spacial score (nSPS) is 17.9. The largest absolute Gasteiger partial charge is 0.465 e. The average Bonchev–Trinajstić information content (AvgIpc) is 2.74. The Morgan fingerprint density at radius 3 is 2.24 bits per heavy atom. The zero-order chi connectivity index (χ0) is 21.0. The summed E-state index contributed by atoms with van der Waals surface area (Å²) in [5.41, 5.74) is 2.84. The fourth-order valence-electron chi connectivity index (χ4n) is 4.13. The quantitative estimate of drug-likeness (QED) is 0.775. The van der Waals surface area contributed by atoms with Gasteiger partial charge in [0.1, 0.15) is 5.54 Å². The van der Waals surface area contributed by atoms with Crippen molar-refractivity contribution in [1.82, 2.24) is 4.90 Å². The first-order valence-electron chi connectivity index (χ1n) is 10.1. The smallest absolute Gasteiger partial charge is 0.407 e. The number of carbonyl (C=O) groups excluding carboxylic acids is 1. The Kier molecular flexibility index (Phi) is 6.11. The van der Waals surface area contributed by atoms with Crippen LogP contribution in [-0.4, -0.2) is 47.7 Å². The van der Waals surface area contributed by atoms with Crippen LogP contribution in [0, 0.1) is 0 Å². The molecule has 29 heavy (non-hydrogen) atoms. The lowest BCUT2D eigenvalue weighted by molar-refractivity contribution is -0.127. The minimum atomic E-state index is -1.13. The monoisotopic (exact) mass is 395 g/mol. The third-order valence-electron chi connectivity index (χ3n) is 6.01. The Morgan fingerprint density at radius 1 is 1.03 bits per heavy atom. The molecule has 0 saturated heterocycles. The van der Waals surface area contributed by atoms with Gasteiger partial charge in [0.05, 0.1) is 0 Å². The summed E-state index contributed by atoms with van der Waals surface area (Å²) in [5.74, 6) is -0.285. The zero-order valence-electron chi connectivity index (χ0n) is 17.3. The van der Waals surface area contributed by atoms with E-state index in [1.165, 1.54) is 17.5 Å². The minimum Gasteiger partial charge on any atom is -0.465 e. The fraction of sp³-hybridized carbons (Fsp3) is 0.391. The number of hydrogen-bond donors (Lipinski definition) is 2. The summed E-state index contributed by atoms with van der Waals surface area (Å²) in [4.78, 5) is 28.5. The van der Waals surface area contributed by atoms with Gasteiger partial charge in [-0.2, -0.15) is 0 Å². The van der Waals surface area contributed by atoms with Crippen molar-refractivity contribution in [1.29, 1.82) is 0 Å². The van der Waals surface area contributed by atoms with Gasteiger partial charge in [-0.25, -0.2) is 4.79 Å². The number of carboxylic acid groups (broad SMARTS) is 1. The highest BCUT2D eigenvalue weighted by molar-refractivity contribution is 6.00. The Balaban J connectivity index is 1.86. The molecule has 6 nitrogen and oxygen atoms in total. The molecule has 0 bridgehead atoms. The number of rotatable bonds is 6. The number of likely N-dealkylation sites (N-methyl/N-ethyl adjacent to an activating group) is 1. The van der Waals surface area contributed by atoms with E-state index >= 15 is 0 Å². The lowest BCUT2D eigenvalue weighted by Gasteiger charge is -2.42. The first-order valence-corrected chi connectivity index (χ1v) is 10.1. The Hall–Kier alpha value is -3.02. The summed E-state index contributed by atoms with van der Waals surface area (Å²) in [7, 11) is 1.49. The van der Waals surface area contributed by atoms with Gasteiger partial charge in [0.2, 0.25) is 0 Å². The van der Waals surface area contributed by atoms with Crippen LogP contribution in [-0.2, 0) is 17.6 Å². The van der Waals surface area contributed by atoms with Gasteiger partial charge < -0.3 is 15.3 Å². The molecule has 1 unspecified atom stereocenters. The van der Waals surface area contributed by atoms with Crippen LogP contribution in [0.4, 0.5) is 16.2 Å². The second-order valence-corrected chi connectivity index (χ2v) is 7.49. The van der Waals surface area contributed by atoms with Crippen LogP contribution in [0.25, 0.3) is 0 Å². The van der Waals surface area contributed by atoms with Crippen molar-refractivity contribution >= 4 is 23.4 Å². The molecule has 2 amide bonds. The average molecular weight is 396 g/mol. The van der Waals surface area contributed by atoms with E-state index in [2.05, 4.69) is 24.1 Å². The molecular weight excluding hydrogens is 366 g/mol. The molecule has 0 radical (unpaired) electrons. The van der Waals surface area contributed by atoms with Gasteiger partial charge in [0.15, 0.2) is 0 Å². The van der Waals surface area contributed by atoms with Gasteiger partial charge in [-0.3, -0.25) is 9.69 Å². The molecule has 2 aromatic rings. The van der Waals surface area contributed by atoms with E-state index in [9.17, 15) is 14.7 Å². The SMILES string of the molecule is CCN(CC)c1ccc(NC(=O)C2(N(C)C(=O)O)CCc3ccccc3C2)cc1. The zero-order valence-corrected chi connectivity index (χ0v) is 17.3. The van der Waals surface area contributed by atoms with Crippen LogP contribution < -0.4 is 10.2 Å². The van der Waals surface area contributed by atoms with Crippen LogP contribution in [0.2, 0.25) is 0 Å². The van der Waals surface area contributed by atoms with Crippen molar-refractivity contribution in [3.63, 3.8) is 0 Å². The molecule has 2 aromatic carbocycles. The van der Waals surface area contributed by atoms with Crippen LogP contribution in [0.1, 0.15) is 31.4 Å². The second-order valence-electron chi connectivity index (χ2n) is 7.49. The number of aryl methyl sites for hydroxylation is 1. The third-order valence-corrected chi connectivity index (χ3v) is 6.01. The van der Waals surface area contributed by atoms with E-state index in [4.69, 9.17) is 0 Å². The van der Waals surface area contributed by atoms with Crippen LogP contribution in [0.15, 0.2) is 48.5 Å². The number of nitrogens with zero attached hydrogens (tertiary/aromatic N) is 2. The lowest BCUT2D eigenvalue weighted by atomic mass is 9.76. The molecule has 6 heteroatoms. The number of hydrogen-bond acceptors (Lipinski definition) is 3. The summed E-state index contributed by atoms with van der Waals surface area (Å²) in [5, 5.41) is 12.6. The van der Waals surface area contributed by atoms with Gasteiger partial charge in [0, 0.05) is 37.9 Å². The highest BCUT2D eigenvalue weighted by atomic mass is 16.4. The van der Waals surface area contributed by atoms with Crippen LogP contribution in [0.3, 0.4) is 0 Å². The van der Waals surface area contributed by atoms with Crippen molar-refractivity contribution in [3.8, 4) is 0 Å². The molecule has 0 saturated carbocycles. The molecule has 154 valence electrons. The summed E-state index contributed by atoms with van der Waals surface area (Å²) < 4.78 is 0. The maximum absolute atomic E-state index is 13.3. The third kappa shape index (κ3) is 4.06. The predicted molar refractivity (Wildman–Crippen MR) is 116 cm³/mol. The number of amides is 2. The summed E-state index contributed by atoms with van der Waals surface area (Å²) in [6.07, 6.45) is 0.393. The van der Waals surface area contributed by atoms with Crippen LogP contribution in [0.5, 0.6) is 0 Å². The van der Waals surface area contributed by atoms with E-state index in [1.807, 2.05) is 48.5 Å². The standard InChI is InChI=1S/C23H29N3O3/c1-4-26(5-2)20-12-10-19(11-13-20)24-21(27)23(25(3)22(28)29)15-14-17-8-6-7-9-18(17)16-23/h6-13H,4-5,14-16H2,1-3H3,(H,24,27)(H,28,29). The number of carbonyl (C=O) groups is 2. The molecule has 0 spiro atoms. The Bertz CT molecular complexity index is 877. The highest BCUT2D eigenvalue weighted by Crippen LogP contribution is 2.34. The molecule has 1 aliphatic carbocycles. The van der Waals surface area contributed by atoms with E-state index in [0.29, 0.717) is 24.9 Å². The minimum absolute atomic E-state index is 0.285. The maximum Gasteiger partial charge on any atom is 0.407 e. The van der Waals surface area contributed by atoms with E-state index < -0.39 is 11.6 Å². The molecule has 2 N–H and O–H groups in total. The molecule has 0 heterocycles. The van der Waals surface area contributed by atoms with Gasteiger partial charge in [-0.05, 0) is 62.1 Å². The van der Waals surface area contributed by atoms with Gasteiger partial charge in [-0.1, -0.05) is 24.3 Å². The number of nitrogens with one attached hydrogen (secondary N) is 1. The van der Waals surface area contributed by atoms with Crippen molar-refractivity contribution < 1.29 is 14.7 Å². The molecule has 1 aliphatic rings. The topological polar surface area (TPSA) is 72.9 Å². The number of benzene rings is 2. The first-order chi connectivity index (χ1) is 13.9. The van der Waals surface area contributed by atoms with Gasteiger partial charge in [0.25, 0.3) is 5.91 Å². The Morgan fingerprint density at radius 2 is 1.66 bits per heavy atom. The number of fused-ring (bicyclic) bond motifs is 1. The van der Waals surface area contributed by atoms with E-state index in [0.717, 1.165) is 24.3 Å². The van der Waals surface area contributed by atoms with E-state index in [1.54, 1.807) is 0 Å². The fourth-order valence-corrected chi connectivity index (χ4v) is 4.13. The molecule has 0 fully saturated rings. The molecule has 0 aliphatic heterocycles. The summed E-state index contributed by atoms with van der Waals surface area (Å²) in [6, 6.07) is 15.6. The first kappa shape index (κ1) is 20.7. The summed E-state index contributed by atoms with van der Waals surface area (Å²) >= 11 is 0. The Labute approximate surface area is 172 Å².